The molecule has 0 bridgehead atoms. The fourth-order valence-electron chi connectivity index (χ4n) is 2.64. The highest BCUT2D eigenvalue weighted by molar-refractivity contribution is 6.10. The Morgan fingerprint density at radius 2 is 1.57 bits per heavy atom. The predicted octanol–water partition coefficient (Wildman–Crippen LogP) is 4.61. The molecule has 1 N–H and O–H groups in total. The molecule has 1 heterocycles. The number of ether oxygens (including phenoxy) is 1. The van der Waals surface area contributed by atoms with Crippen LogP contribution in [0.3, 0.4) is 0 Å². The van der Waals surface area contributed by atoms with Crippen molar-refractivity contribution in [1.82, 2.24) is 10.1 Å². The van der Waals surface area contributed by atoms with Crippen molar-refractivity contribution in [1.29, 1.82) is 0 Å². The Morgan fingerprint density at radius 1 is 0.893 bits per heavy atom. The second-order valence-corrected chi connectivity index (χ2v) is 5.96. The maximum Gasteiger partial charge on any atom is 0.258 e. The van der Waals surface area contributed by atoms with E-state index in [0.29, 0.717) is 17.4 Å². The van der Waals surface area contributed by atoms with Crippen molar-refractivity contribution < 1.29 is 9.26 Å². The van der Waals surface area contributed by atoms with Crippen molar-refractivity contribution in [3.05, 3.63) is 96.3 Å². The third-order valence-corrected chi connectivity index (χ3v) is 4.09. The van der Waals surface area contributed by atoms with E-state index in [1.165, 1.54) is 0 Å². The third kappa shape index (κ3) is 3.91. The molecule has 0 fully saturated rings. The summed E-state index contributed by atoms with van der Waals surface area (Å²) in [4.78, 5) is 4.53. The minimum atomic E-state index is 0.408. The van der Waals surface area contributed by atoms with Gasteiger partial charge in [0.2, 0.25) is 5.82 Å². The molecule has 28 heavy (non-hydrogen) atoms. The number of hydrogen-bond acceptors (Lipinski definition) is 6. The van der Waals surface area contributed by atoms with Crippen LogP contribution in [0.4, 0.5) is 5.69 Å². The van der Waals surface area contributed by atoms with Crippen molar-refractivity contribution in [3.8, 4) is 17.2 Å². The highest BCUT2D eigenvalue weighted by Gasteiger charge is 2.16. The first kappa shape index (κ1) is 17.5. The molecule has 0 aliphatic rings. The number of nitrogens with zero attached hydrogens (tertiary/aromatic N) is 3. The molecule has 138 valence electrons. The summed E-state index contributed by atoms with van der Waals surface area (Å²) in [5, 5.41) is 8.67. The summed E-state index contributed by atoms with van der Waals surface area (Å²) in [5.41, 5.74) is 6.20. The van der Waals surface area contributed by atoms with E-state index < -0.39 is 0 Å². The molecule has 6 nitrogen and oxygen atoms in total. The van der Waals surface area contributed by atoms with Gasteiger partial charge in [0, 0.05) is 11.1 Å². The zero-order chi connectivity index (χ0) is 19.2. The largest absolute Gasteiger partial charge is 0.497 e. The van der Waals surface area contributed by atoms with Crippen LogP contribution < -0.4 is 10.2 Å². The Bertz CT molecular complexity index is 1060. The van der Waals surface area contributed by atoms with Crippen LogP contribution in [0.1, 0.15) is 11.4 Å². The standard InChI is InChI=1S/C22H18N4O2/c1-27-19-14-12-18(13-15-19)24-25-20(16-8-4-2-5-9-16)21-23-22(28-26-21)17-10-6-3-7-11-17/h2-15,24H,1H3/b25-20+. The van der Waals surface area contributed by atoms with E-state index in [9.17, 15) is 0 Å². The van der Waals surface area contributed by atoms with Gasteiger partial charge in [0.25, 0.3) is 5.89 Å². The smallest absolute Gasteiger partial charge is 0.258 e. The van der Waals surface area contributed by atoms with Crippen LogP contribution in [0.5, 0.6) is 5.75 Å². The van der Waals surface area contributed by atoms with E-state index >= 15 is 0 Å². The summed E-state index contributed by atoms with van der Waals surface area (Å²) in [7, 11) is 1.63. The number of nitrogens with one attached hydrogen (secondary N) is 1. The maximum absolute atomic E-state index is 5.45. The highest BCUT2D eigenvalue weighted by atomic mass is 16.5. The first-order valence-electron chi connectivity index (χ1n) is 8.76. The predicted molar refractivity (Wildman–Crippen MR) is 108 cm³/mol. The zero-order valence-electron chi connectivity index (χ0n) is 15.2. The van der Waals surface area contributed by atoms with Gasteiger partial charge in [0.05, 0.1) is 12.8 Å². The number of benzene rings is 3. The first-order chi connectivity index (χ1) is 13.8. The van der Waals surface area contributed by atoms with Crippen molar-refractivity contribution in [2.45, 2.75) is 0 Å². The summed E-state index contributed by atoms with van der Waals surface area (Å²) in [6.07, 6.45) is 0. The van der Waals surface area contributed by atoms with Crippen molar-refractivity contribution >= 4 is 11.4 Å². The van der Waals surface area contributed by atoms with Crippen LogP contribution in [-0.2, 0) is 0 Å². The second-order valence-electron chi connectivity index (χ2n) is 5.96. The Labute approximate surface area is 162 Å². The van der Waals surface area contributed by atoms with Gasteiger partial charge in [-0.1, -0.05) is 53.7 Å². The Balaban J connectivity index is 1.67. The van der Waals surface area contributed by atoms with Crippen LogP contribution in [0.2, 0.25) is 0 Å². The first-order valence-corrected chi connectivity index (χ1v) is 8.76. The maximum atomic E-state index is 5.45. The van der Waals surface area contributed by atoms with Crippen LogP contribution >= 0.6 is 0 Å². The molecule has 0 amide bonds. The monoisotopic (exact) mass is 370 g/mol. The summed E-state index contributed by atoms with van der Waals surface area (Å²) in [6, 6.07) is 26.9. The number of methoxy groups -OCH3 is 1. The SMILES string of the molecule is COc1ccc(N/N=C(\c2ccccc2)c2noc(-c3ccccc3)n2)cc1. The lowest BCUT2D eigenvalue weighted by Crippen LogP contribution is -2.08. The lowest BCUT2D eigenvalue weighted by atomic mass is 10.1. The van der Waals surface area contributed by atoms with Crippen LogP contribution in [0.15, 0.2) is 94.6 Å². The minimum absolute atomic E-state index is 0.408. The summed E-state index contributed by atoms with van der Waals surface area (Å²) in [6.45, 7) is 0. The zero-order valence-corrected chi connectivity index (χ0v) is 15.2. The van der Waals surface area contributed by atoms with Crippen molar-refractivity contribution in [3.63, 3.8) is 0 Å². The van der Waals surface area contributed by atoms with Gasteiger partial charge in [-0.25, -0.2) is 0 Å². The summed E-state index contributed by atoms with van der Waals surface area (Å²) >= 11 is 0. The van der Waals surface area contributed by atoms with E-state index in [2.05, 4.69) is 20.7 Å². The van der Waals surface area contributed by atoms with Gasteiger partial charge in [0.1, 0.15) is 11.5 Å². The van der Waals surface area contributed by atoms with E-state index in [1.54, 1.807) is 7.11 Å². The average molecular weight is 370 g/mol. The lowest BCUT2D eigenvalue weighted by Gasteiger charge is -2.05. The molecule has 0 saturated carbocycles. The molecular formula is C22H18N4O2. The average Bonchev–Trinajstić information content (AvgIpc) is 3.26. The third-order valence-electron chi connectivity index (χ3n) is 4.09. The highest BCUT2D eigenvalue weighted by Crippen LogP contribution is 2.19. The molecule has 1 aromatic heterocycles. The molecule has 0 atom stereocenters. The number of anilines is 1. The van der Waals surface area contributed by atoms with Crippen LogP contribution in [0, 0.1) is 0 Å². The second kappa shape index (κ2) is 8.18. The molecule has 0 unspecified atom stereocenters. The normalized spacial score (nSPS) is 11.2. The fraction of sp³-hybridized carbons (Fsp3) is 0.0455. The number of rotatable bonds is 6. The number of aromatic nitrogens is 2. The van der Waals surface area contributed by atoms with Gasteiger partial charge < -0.3 is 9.26 Å². The van der Waals surface area contributed by atoms with E-state index in [1.807, 2.05) is 84.9 Å². The number of hydrogen-bond donors (Lipinski definition) is 1. The van der Waals surface area contributed by atoms with Gasteiger partial charge in [-0.15, -0.1) is 0 Å². The molecule has 6 heteroatoms. The molecule has 0 aliphatic heterocycles. The molecule has 4 aromatic rings. The van der Waals surface area contributed by atoms with E-state index in [-0.39, 0.29) is 0 Å². The van der Waals surface area contributed by atoms with Crippen molar-refractivity contribution in [2.75, 3.05) is 12.5 Å². The quantitative estimate of drug-likeness (QED) is 0.396. The molecule has 0 radical (unpaired) electrons. The van der Waals surface area contributed by atoms with E-state index in [0.717, 1.165) is 22.6 Å². The summed E-state index contributed by atoms with van der Waals surface area (Å²) in [5.74, 6) is 1.64. The summed E-state index contributed by atoms with van der Waals surface area (Å²) < 4.78 is 10.6. The lowest BCUT2D eigenvalue weighted by molar-refractivity contribution is 0.415. The Kier molecular flexibility index (Phi) is 5.11. The Morgan fingerprint density at radius 3 is 2.25 bits per heavy atom. The van der Waals surface area contributed by atoms with Crippen LogP contribution in [0.25, 0.3) is 11.5 Å². The topological polar surface area (TPSA) is 72.5 Å². The molecule has 3 aromatic carbocycles. The molecular weight excluding hydrogens is 352 g/mol. The molecule has 0 spiro atoms. The van der Waals surface area contributed by atoms with Crippen molar-refractivity contribution in [2.24, 2.45) is 5.10 Å². The minimum Gasteiger partial charge on any atom is -0.497 e. The van der Waals surface area contributed by atoms with Gasteiger partial charge in [-0.05, 0) is 36.4 Å². The van der Waals surface area contributed by atoms with E-state index in [4.69, 9.17) is 9.26 Å². The van der Waals surface area contributed by atoms with Gasteiger partial charge in [0.15, 0.2) is 0 Å². The molecule has 4 rings (SSSR count). The van der Waals surface area contributed by atoms with Gasteiger partial charge >= 0.3 is 0 Å². The molecule has 0 saturated heterocycles. The number of hydrazone groups is 1. The fourth-order valence-corrected chi connectivity index (χ4v) is 2.64. The van der Waals surface area contributed by atoms with Gasteiger partial charge in [-0.3, -0.25) is 5.43 Å². The Hall–Kier alpha value is -3.93. The van der Waals surface area contributed by atoms with Gasteiger partial charge in [-0.2, -0.15) is 10.1 Å². The van der Waals surface area contributed by atoms with Crippen LogP contribution in [-0.4, -0.2) is 23.0 Å². The molecule has 0 aliphatic carbocycles.